The van der Waals surface area contributed by atoms with E-state index in [1.807, 2.05) is 94.4 Å². The van der Waals surface area contributed by atoms with Gasteiger partial charge in [0.05, 0.1) is 11.9 Å². The number of hydrogen-bond acceptors (Lipinski definition) is 4. The van der Waals surface area contributed by atoms with Gasteiger partial charge in [-0.1, -0.05) is 66.2 Å². The van der Waals surface area contributed by atoms with E-state index in [4.69, 9.17) is 0 Å². The lowest BCUT2D eigenvalue weighted by atomic mass is 10.0. The van der Waals surface area contributed by atoms with Crippen LogP contribution in [0.3, 0.4) is 0 Å². The Hall–Kier alpha value is -3.65. The van der Waals surface area contributed by atoms with Crippen LogP contribution in [0.5, 0.6) is 0 Å². The van der Waals surface area contributed by atoms with Gasteiger partial charge in [0, 0.05) is 32.5 Å². The van der Waals surface area contributed by atoms with Crippen LogP contribution in [0.25, 0.3) is 0 Å². The highest BCUT2D eigenvalue weighted by molar-refractivity contribution is 7.92. The van der Waals surface area contributed by atoms with Crippen LogP contribution in [-0.4, -0.2) is 50.5 Å². The molecule has 0 radical (unpaired) electrons. The number of rotatable bonds is 13. The molecule has 2 amide bonds. The highest BCUT2D eigenvalue weighted by Crippen LogP contribution is 2.23. The van der Waals surface area contributed by atoms with Crippen LogP contribution < -0.4 is 9.62 Å². The Kier molecular flexibility index (Phi) is 10.9. The van der Waals surface area contributed by atoms with Gasteiger partial charge < -0.3 is 10.2 Å². The van der Waals surface area contributed by atoms with Crippen molar-refractivity contribution in [3.8, 4) is 0 Å². The summed E-state index contributed by atoms with van der Waals surface area (Å²) in [5.74, 6) is -0.400. The molecule has 8 heteroatoms. The van der Waals surface area contributed by atoms with Crippen LogP contribution in [0.2, 0.25) is 0 Å². The Labute approximate surface area is 239 Å². The Bertz CT molecular complexity index is 1410. The maximum absolute atomic E-state index is 13.8. The second kappa shape index (κ2) is 14.1. The number of nitrogens with one attached hydrogen (secondary N) is 1. The van der Waals surface area contributed by atoms with Crippen molar-refractivity contribution in [3.63, 3.8) is 0 Å². The summed E-state index contributed by atoms with van der Waals surface area (Å²) < 4.78 is 26.7. The molecule has 0 aliphatic carbocycles. The smallest absolute Gasteiger partial charge is 0.243 e. The molecule has 1 atom stereocenters. The molecule has 0 saturated carbocycles. The molecule has 7 nitrogen and oxygen atoms in total. The summed E-state index contributed by atoms with van der Waals surface area (Å²) in [6.45, 7) is 8.67. The number of anilines is 1. The number of benzene rings is 3. The second-order valence-corrected chi connectivity index (χ2v) is 12.2. The molecule has 3 rings (SSSR count). The fourth-order valence-electron chi connectivity index (χ4n) is 4.74. The average molecular weight is 564 g/mol. The number of sulfonamides is 1. The van der Waals surface area contributed by atoms with E-state index in [9.17, 15) is 18.0 Å². The molecule has 0 aromatic heterocycles. The van der Waals surface area contributed by atoms with Crippen LogP contribution in [-0.2, 0) is 32.6 Å². The summed E-state index contributed by atoms with van der Waals surface area (Å²) in [4.78, 5) is 28.8. The molecule has 0 saturated heterocycles. The Morgan fingerprint density at radius 3 is 2.20 bits per heavy atom. The molecule has 0 heterocycles. The molecule has 0 fully saturated rings. The molecule has 0 bridgehead atoms. The lowest BCUT2D eigenvalue weighted by Crippen LogP contribution is -2.50. The number of likely N-dealkylation sites (N-methyl/N-ethyl adjacent to an activating group) is 1. The normalized spacial score (nSPS) is 12.0. The molecule has 3 aromatic carbocycles. The van der Waals surface area contributed by atoms with Crippen LogP contribution in [0, 0.1) is 20.8 Å². The van der Waals surface area contributed by atoms with Crippen molar-refractivity contribution >= 4 is 27.5 Å². The summed E-state index contributed by atoms with van der Waals surface area (Å²) >= 11 is 0. The molecule has 0 aliphatic rings. The van der Waals surface area contributed by atoms with Crippen molar-refractivity contribution in [2.75, 3.05) is 23.7 Å². The number of carbonyl (C=O) groups is 2. The van der Waals surface area contributed by atoms with Gasteiger partial charge in [-0.3, -0.25) is 13.9 Å². The topological polar surface area (TPSA) is 86.8 Å². The lowest BCUT2D eigenvalue weighted by molar-refractivity contribution is -0.141. The van der Waals surface area contributed by atoms with E-state index in [0.717, 1.165) is 27.8 Å². The zero-order valence-electron chi connectivity index (χ0n) is 24.2. The third kappa shape index (κ3) is 8.68. The number of aryl methyl sites for hydroxylation is 3. The van der Waals surface area contributed by atoms with E-state index in [2.05, 4.69) is 5.32 Å². The standard InChI is InChI=1S/C32H41N3O4S/c1-6-33-32(37)30(22-27-13-8-7-9-14-27)34(23-28-15-10-12-24(2)20-28)31(36)16-11-19-35(40(5,38)39)29-18-17-25(3)26(4)21-29/h7-10,12-15,17-18,20-21,30H,6,11,16,19,22-23H2,1-5H3,(H,33,37)/t30-/m0/s1. The van der Waals surface area contributed by atoms with E-state index in [1.54, 1.807) is 11.0 Å². The first-order valence-corrected chi connectivity index (χ1v) is 15.6. The number of nitrogens with zero attached hydrogens (tertiary/aromatic N) is 2. The molecule has 3 aromatic rings. The third-order valence-electron chi connectivity index (χ3n) is 6.99. The quantitative estimate of drug-likeness (QED) is 0.319. The van der Waals surface area contributed by atoms with Gasteiger partial charge in [0.1, 0.15) is 6.04 Å². The van der Waals surface area contributed by atoms with Gasteiger partial charge in [0.15, 0.2) is 0 Å². The highest BCUT2D eigenvalue weighted by Gasteiger charge is 2.30. The van der Waals surface area contributed by atoms with Crippen molar-refractivity contribution in [2.24, 2.45) is 0 Å². The fourth-order valence-corrected chi connectivity index (χ4v) is 5.70. The summed E-state index contributed by atoms with van der Waals surface area (Å²) in [6.07, 6.45) is 1.98. The summed E-state index contributed by atoms with van der Waals surface area (Å²) in [5.41, 5.74) is 5.62. The second-order valence-electron chi connectivity index (χ2n) is 10.3. The molecular weight excluding hydrogens is 522 g/mol. The Balaban J connectivity index is 1.87. The van der Waals surface area contributed by atoms with Gasteiger partial charge in [0.25, 0.3) is 0 Å². The molecule has 40 heavy (non-hydrogen) atoms. The summed E-state index contributed by atoms with van der Waals surface area (Å²) in [7, 11) is -3.55. The SMILES string of the molecule is CCNC(=O)[C@H](Cc1ccccc1)N(Cc1cccc(C)c1)C(=O)CCCN(c1ccc(C)c(C)c1)S(C)(=O)=O. The van der Waals surface area contributed by atoms with Crippen molar-refractivity contribution in [1.29, 1.82) is 0 Å². The van der Waals surface area contributed by atoms with Crippen molar-refractivity contribution < 1.29 is 18.0 Å². The minimum absolute atomic E-state index is 0.105. The minimum atomic E-state index is -3.55. The predicted molar refractivity (Wildman–Crippen MR) is 162 cm³/mol. The Morgan fingerprint density at radius 1 is 0.875 bits per heavy atom. The van der Waals surface area contributed by atoms with Crippen LogP contribution in [0.4, 0.5) is 5.69 Å². The van der Waals surface area contributed by atoms with Gasteiger partial charge >= 0.3 is 0 Å². The van der Waals surface area contributed by atoms with E-state index < -0.39 is 16.1 Å². The zero-order valence-corrected chi connectivity index (χ0v) is 25.0. The van der Waals surface area contributed by atoms with E-state index >= 15 is 0 Å². The first kappa shape index (κ1) is 30.9. The van der Waals surface area contributed by atoms with E-state index in [-0.39, 0.29) is 31.3 Å². The van der Waals surface area contributed by atoms with Crippen molar-refractivity contribution in [1.82, 2.24) is 10.2 Å². The predicted octanol–water partition coefficient (Wildman–Crippen LogP) is 4.93. The minimum Gasteiger partial charge on any atom is -0.355 e. The molecule has 0 aliphatic heterocycles. The van der Waals surface area contributed by atoms with Crippen LogP contribution >= 0.6 is 0 Å². The van der Waals surface area contributed by atoms with Crippen molar-refractivity contribution in [3.05, 3.63) is 101 Å². The number of carbonyl (C=O) groups excluding carboxylic acids is 2. The lowest BCUT2D eigenvalue weighted by Gasteiger charge is -2.32. The van der Waals surface area contributed by atoms with Gasteiger partial charge in [-0.25, -0.2) is 8.42 Å². The van der Waals surface area contributed by atoms with Gasteiger partial charge in [-0.2, -0.15) is 0 Å². The number of amides is 2. The number of hydrogen-bond donors (Lipinski definition) is 1. The van der Waals surface area contributed by atoms with Crippen molar-refractivity contribution in [2.45, 2.75) is 59.5 Å². The Morgan fingerprint density at radius 2 is 1.57 bits per heavy atom. The van der Waals surface area contributed by atoms with Crippen LogP contribution in [0.1, 0.15) is 47.6 Å². The zero-order chi connectivity index (χ0) is 29.3. The largest absolute Gasteiger partial charge is 0.355 e. The maximum atomic E-state index is 13.8. The molecule has 1 N–H and O–H groups in total. The molecule has 0 unspecified atom stereocenters. The molecule has 214 valence electrons. The van der Waals surface area contributed by atoms with Crippen LogP contribution in [0.15, 0.2) is 72.8 Å². The first-order chi connectivity index (χ1) is 19.0. The average Bonchev–Trinajstić information content (AvgIpc) is 2.90. The summed E-state index contributed by atoms with van der Waals surface area (Å²) in [6, 6.07) is 22.4. The monoisotopic (exact) mass is 563 g/mol. The molecule has 0 spiro atoms. The van der Waals surface area contributed by atoms with Gasteiger partial charge in [-0.05, 0) is 68.5 Å². The summed E-state index contributed by atoms with van der Waals surface area (Å²) in [5, 5.41) is 2.90. The highest BCUT2D eigenvalue weighted by atomic mass is 32.2. The first-order valence-electron chi connectivity index (χ1n) is 13.7. The van der Waals surface area contributed by atoms with E-state index in [1.165, 1.54) is 10.6 Å². The van der Waals surface area contributed by atoms with E-state index in [0.29, 0.717) is 25.1 Å². The third-order valence-corrected chi connectivity index (χ3v) is 8.18. The maximum Gasteiger partial charge on any atom is 0.243 e. The fraction of sp³-hybridized carbons (Fsp3) is 0.375. The van der Waals surface area contributed by atoms with Gasteiger partial charge in [-0.15, -0.1) is 0 Å². The molecular formula is C32H41N3O4S. The van der Waals surface area contributed by atoms with Gasteiger partial charge in [0.2, 0.25) is 21.8 Å².